The minimum atomic E-state index is -0.295. The number of hydrogen-bond acceptors (Lipinski definition) is 6. The topological polar surface area (TPSA) is 65.6 Å². The van der Waals surface area contributed by atoms with Crippen LogP contribution < -0.4 is 20.3 Å². The Bertz CT molecular complexity index is 832. The second-order valence-corrected chi connectivity index (χ2v) is 7.44. The van der Waals surface area contributed by atoms with Gasteiger partial charge in [0.25, 0.3) is 5.91 Å². The van der Waals surface area contributed by atoms with E-state index in [1.807, 2.05) is 18.2 Å². The molecule has 0 aliphatic carbocycles. The van der Waals surface area contributed by atoms with Crippen LogP contribution in [0.25, 0.3) is 0 Å². The van der Waals surface area contributed by atoms with Crippen LogP contribution in [-0.2, 0) is 4.74 Å². The molecule has 9 heteroatoms. The van der Waals surface area contributed by atoms with Crippen molar-refractivity contribution < 1.29 is 9.53 Å². The van der Waals surface area contributed by atoms with Crippen molar-refractivity contribution in [3.63, 3.8) is 0 Å². The lowest BCUT2D eigenvalue weighted by Crippen LogP contribution is -2.36. The first-order valence-electron chi connectivity index (χ1n) is 8.92. The number of anilines is 3. The number of carbonyl (C=O) groups is 1. The van der Waals surface area contributed by atoms with Crippen molar-refractivity contribution in [1.29, 1.82) is 0 Å². The lowest BCUT2D eigenvalue weighted by atomic mass is 10.1. The predicted molar refractivity (Wildman–Crippen MR) is 119 cm³/mol. The van der Waals surface area contributed by atoms with E-state index in [9.17, 15) is 4.79 Å². The molecule has 3 N–H and O–H groups in total. The Kier molecular flexibility index (Phi) is 7.70. The Morgan fingerprint density at radius 1 is 1.07 bits per heavy atom. The molecule has 6 nitrogen and oxygen atoms in total. The van der Waals surface area contributed by atoms with E-state index in [-0.39, 0.29) is 5.91 Å². The molecule has 1 fully saturated rings. The van der Waals surface area contributed by atoms with Crippen molar-refractivity contribution in [3.8, 4) is 0 Å². The molecule has 2 aromatic rings. The van der Waals surface area contributed by atoms with Crippen molar-refractivity contribution >= 4 is 59.0 Å². The van der Waals surface area contributed by atoms with E-state index in [1.165, 1.54) is 0 Å². The number of ether oxygens (including phenoxy) is 1. The summed E-state index contributed by atoms with van der Waals surface area (Å²) in [5.74, 6) is -0.295. The van der Waals surface area contributed by atoms with Crippen molar-refractivity contribution in [2.75, 3.05) is 54.9 Å². The third kappa shape index (κ3) is 5.68. The van der Waals surface area contributed by atoms with Gasteiger partial charge in [0.05, 0.1) is 23.8 Å². The van der Waals surface area contributed by atoms with Crippen LogP contribution in [0.15, 0.2) is 36.4 Å². The maximum atomic E-state index is 12.8. The summed E-state index contributed by atoms with van der Waals surface area (Å²) in [6.45, 7) is 4.27. The van der Waals surface area contributed by atoms with Gasteiger partial charge in [0.15, 0.2) is 0 Å². The van der Waals surface area contributed by atoms with E-state index in [4.69, 9.17) is 27.9 Å². The number of hydrogen-bond donors (Lipinski definition) is 4. The third-order valence-corrected chi connectivity index (χ3v) is 5.06. The lowest BCUT2D eigenvalue weighted by molar-refractivity contribution is 0.102. The number of nitrogens with zero attached hydrogens (tertiary/aromatic N) is 1. The molecule has 1 heterocycles. The highest BCUT2D eigenvalue weighted by atomic mass is 35.5. The fourth-order valence-electron chi connectivity index (χ4n) is 2.92. The Labute approximate surface area is 180 Å². The molecule has 1 amide bonds. The maximum absolute atomic E-state index is 12.8. The largest absolute Gasteiger partial charge is 0.384 e. The third-order valence-electron chi connectivity index (χ3n) is 4.29. The normalized spacial score (nSPS) is 14.0. The zero-order chi connectivity index (χ0) is 19.9. The van der Waals surface area contributed by atoms with Gasteiger partial charge >= 0.3 is 0 Å². The summed E-state index contributed by atoms with van der Waals surface area (Å²) in [4.78, 5) is 15.0. The first kappa shape index (κ1) is 21.1. The van der Waals surface area contributed by atoms with Gasteiger partial charge in [0, 0.05) is 48.3 Å². The predicted octanol–water partition coefficient (Wildman–Crippen LogP) is 3.93. The second-order valence-electron chi connectivity index (χ2n) is 6.28. The number of carbonyl (C=O) groups excluding carboxylic acids is 1. The molecule has 1 saturated heterocycles. The maximum Gasteiger partial charge on any atom is 0.257 e. The van der Waals surface area contributed by atoms with E-state index < -0.39 is 0 Å². The van der Waals surface area contributed by atoms with Gasteiger partial charge in [-0.15, -0.1) is 0 Å². The lowest BCUT2D eigenvalue weighted by Gasteiger charge is -2.29. The number of rotatable bonds is 7. The monoisotopic (exact) mass is 440 g/mol. The molecule has 0 saturated carbocycles. The molecule has 0 spiro atoms. The molecule has 0 aromatic heterocycles. The summed E-state index contributed by atoms with van der Waals surface area (Å²) in [6, 6.07) is 10.8. The fourth-order valence-corrected chi connectivity index (χ4v) is 3.47. The summed E-state index contributed by atoms with van der Waals surface area (Å²) in [6.07, 6.45) is 0. The van der Waals surface area contributed by atoms with E-state index in [0.29, 0.717) is 47.6 Å². The number of benzene rings is 2. The summed E-state index contributed by atoms with van der Waals surface area (Å²) in [5.41, 5.74) is 2.76. The van der Waals surface area contributed by atoms with Crippen LogP contribution >= 0.6 is 36.0 Å². The van der Waals surface area contributed by atoms with Crippen molar-refractivity contribution in [2.24, 2.45) is 0 Å². The summed E-state index contributed by atoms with van der Waals surface area (Å²) >= 11 is 16.5. The van der Waals surface area contributed by atoms with Crippen LogP contribution in [0.2, 0.25) is 10.0 Å². The molecule has 28 heavy (non-hydrogen) atoms. The zero-order valence-electron chi connectivity index (χ0n) is 15.2. The number of morpholine rings is 1. The Hall–Kier alpha value is -1.64. The first-order chi connectivity index (χ1) is 13.6. The molecule has 2 aromatic carbocycles. The molecule has 3 rings (SSSR count). The van der Waals surface area contributed by atoms with Gasteiger partial charge in [-0.05, 0) is 36.4 Å². The molecule has 150 valence electrons. The standard InChI is InChI=1S/C19H22Cl2N4O2S/c20-13-9-15(11-16(10-13)25-5-7-27-8-6-25)24-19(26)17-12-14(1-2-18(17)21)22-3-4-23-28/h1-2,9-12,22-23,28H,3-8H2,(H,24,26). The number of amides is 1. The summed E-state index contributed by atoms with van der Waals surface area (Å²) < 4.78 is 8.15. The van der Waals surface area contributed by atoms with E-state index in [0.717, 1.165) is 24.5 Å². The van der Waals surface area contributed by atoms with E-state index in [1.54, 1.807) is 18.2 Å². The van der Waals surface area contributed by atoms with Gasteiger partial charge in [0.2, 0.25) is 0 Å². The highest BCUT2D eigenvalue weighted by Crippen LogP contribution is 2.28. The average molecular weight is 441 g/mol. The van der Waals surface area contributed by atoms with Crippen LogP contribution in [0, 0.1) is 0 Å². The van der Waals surface area contributed by atoms with Gasteiger partial charge in [-0.3, -0.25) is 9.52 Å². The van der Waals surface area contributed by atoms with E-state index >= 15 is 0 Å². The van der Waals surface area contributed by atoms with Crippen LogP contribution in [0.3, 0.4) is 0 Å². The molecule has 0 atom stereocenters. The van der Waals surface area contributed by atoms with Crippen molar-refractivity contribution in [1.82, 2.24) is 4.72 Å². The van der Waals surface area contributed by atoms with E-state index in [2.05, 4.69) is 33.1 Å². The number of thiol groups is 1. The first-order valence-corrected chi connectivity index (χ1v) is 10.1. The number of halogens is 2. The average Bonchev–Trinajstić information content (AvgIpc) is 2.69. The molecular formula is C19H22Cl2N4O2S. The second kappa shape index (κ2) is 10.2. The molecule has 0 unspecified atom stereocenters. The molecule has 1 aliphatic heterocycles. The van der Waals surface area contributed by atoms with Crippen LogP contribution in [-0.4, -0.2) is 45.3 Å². The Morgan fingerprint density at radius 3 is 2.61 bits per heavy atom. The summed E-state index contributed by atoms with van der Waals surface area (Å²) in [7, 11) is 0. The zero-order valence-corrected chi connectivity index (χ0v) is 17.6. The van der Waals surface area contributed by atoms with Crippen LogP contribution in [0.5, 0.6) is 0 Å². The van der Waals surface area contributed by atoms with Crippen molar-refractivity contribution in [3.05, 3.63) is 52.0 Å². The van der Waals surface area contributed by atoms with Gasteiger partial charge in [-0.1, -0.05) is 36.0 Å². The van der Waals surface area contributed by atoms with Gasteiger partial charge < -0.3 is 20.3 Å². The van der Waals surface area contributed by atoms with Gasteiger partial charge in [0.1, 0.15) is 0 Å². The summed E-state index contributed by atoms with van der Waals surface area (Å²) in [5, 5.41) is 7.04. The number of nitrogens with one attached hydrogen (secondary N) is 3. The minimum absolute atomic E-state index is 0.295. The molecule has 0 bridgehead atoms. The molecule has 0 radical (unpaired) electrons. The quantitative estimate of drug-likeness (QED) is 0.388. The fraction of sp³-hybridized carbons (Fsp3) is 0.316. The van der Waals surface area contributed by atoms with Gasteiger partial charge in [-0.25, -0.2) is 0 Å². The minimum Gasteiger partial charge on any atom is -0.384 e. The Balaban J connectivity index is 1.75. The van der Waals surface area contributed by atoms with Crippen molar-refractivity contribution in [2.45, 2.75) is 0 Å². The van der Waals surface area contributed by atoms with Gasteiger partial charge in [-0.2, -0.15) is 0 Å². The van der Waals surface area contributed by atoms with Crippen LogP contribution in [0.4, 0.5) is 17.1 Å². The SMILES string of the molecule is O=C(Nc1cc(Cl)cc(N2CCOCC2)c1)c1cc(NCCNS)ccc1Cl. The molecule has 1 aliphatic rings. The highest BCUT2D eigenvalue weighted by Gasteiger charge is 2.15. The van der Waals surface area contributed by atoms with Crippen LogP contribution in [0.1, 0.15) is 10.4 Å². The highest BCUT2D eigenvalue weighted by molar-refractivity contribution is 7.78. The molecular weight excluding hydrogens is 419 g/mol. The smallest absolute Gasteiger partial charge is 0.257 e. The Morgan fingerprint density at radius 2 is 1.86 bits per heavy atom.